The Morgan fingerprint density at radius 1 is 1.30 bits per heavy atom. The van der Waals surface area contributed by atoms with E-state index in [2.05, 4.69) is 15.3 Å². The van der Waals surface area contributed by atoms with Crippen LogP contribution < -0.4 is 5.32 Å². The summed E-state index contributed by atoms with van der Waals surface area (Å²) in [7, 11) is 0. The monoisotopic (exact) mass is 266 g/mol. The Morgan fingerprint density at radius 2 is 2.20 bits per heavy atom. The zero-order valence-corrected chi connectivity index (χ0v) is 11.0. The lowest BCUT2D eigenvalue weighted by molar-refractivity contribution is 0.0935. The van der Waals surface area contributed by atoms with Gasteiger partial charge in [0.05, 0.1) is 6.04 Å². The molecule has 5 nitrogen and oxygen atoms in total. The highest BCUT2D eigenvalue weighted by atomic mass is 16.1. The number of aromatic nitrogens is 3. The summed E-state index contributed by atoms with van der Waals surface area (Å²) in [5.41, 5.74) is 2.13. The van der Waals surface area contributed by atoms with Crippen molar-refractivity contribution in [2.75, 3.05) is 0 Å². The average Bonchev–Trinajstić information content (AvgIpc) is 2.92. The van der Waals surface area contributed by atoms with Crippen LogP contribution in [0.5, 0.6) is 0 Å². The molecule has 1 atom stereocenters. The Bertz CT molecular complexity index is 703. The average molecular weight is 266 g/mol. The number of rotatable bonds is 3. The van der Waals surface area contributed by atoms with Gasteiger partial charge < -0.3 is 9.72 Å². The molecule has 1 amide bonds. The molecule has 20 heavy (non-hydrogen) atoms. The maximum atomic E-state index is 12.2. The SMILES string of the molecule is C[C@@H](NC(=O)c1cn2ccccc2n1)c1cccnc1. The van der Waals surface area contributed by atoms with E-state index in [9.17, 15) is 4.79 Å². The first kappa shape index (κ1) is 12.3. The number of fused-ring (bicyclic) bond motifs is 1. The molecule has 0 radical (unpaired) electrons. The zero-order chi connectivity index (χ0) is 13.9. The van der Waals surface area contributed by atoms with E-state index in [0.29, 0.717) is 5.69 Å². The quantitative estimate of drug-likeness (QED) is 0.790. The van der Waals surface area contributed by atoms with Crippen molar-refractivity contribution in [2.45, 2.75) is 13.0 Å². The van der Waals surface area contributed by atoms with E-state index < -0.39 is 0 Å². The molecule has 3 aromatic heterocycles. The Kier molecular flexibility index (Phi) is 3.16. The summed E-state index contributed by atoms with van der Waals surface area (Å²) in [6, 6.07) is 9.32. The third-order valence-corrected chi connectivity index (χ3v) is 3.13. The van der Waals surface area contributed by atoms with E-state index in [1.165, 1.54) is 0 Å². The van der Waals surface area contributed by atoms with Crippen LogP contribution in [0.4, 0.5) is 0 Å². The van der Waals surface area contributed by atoms with E-state index in [-0.39, 0.29) is 11.9 Å². The van der Waals surface area contributed by atoms with Gasteiger partial charge in [-0.25, -0.2) is 4.98 Å². The van der Waals surface area contributed by atoms with Gasteiger partial charge >= 0.3 is 0 Å². The van der Waals surface area contributed by atoms with Gasteiger partial charge in [-0.15, -0.1) is 0 Å². The number of hydrogen-bond acceptors (Lipinski definition) is 3. The van der Waals surface area contributed by atoms with Crippen LogP contribution in [0.25, 0.3) is 5.65 Å². The lowest BCUT2D eigenvalue weighted by Gasteiger charge is -2.12. The Hall–Kier alpha value is -2.69. The van der Waals surface area contributed by atoms with E-state index in [0.717, 1.165) is 11.2 Å². The van der Waals surface area contributed by atoms with Gasteiger partial charge in [0.15, 0.2) is 0 Å². The van der Waals surface area contributed by atoms with Gasteiger partial charge in [0.25, 0.3) is 5.91 Å². The van der Waals surface area contributed by atoms with Crippen molar-refractivity contribution in [1.29, 1.82) is 0 Å². The van der Waals surface area contributed by atoms with Gasteiger partial charge in [-0.3, -0.25) is 9.78 Å². The van der Waals surface area contributed by atoms with Crippen molar-refractivity contribution in [3.63, 3.8) is 0 Å². The number of nitrogens with one attached hydrogen (secondary N) is 1. The number of carbonyl (C=O) groups excluding carboxylic acids is 1. The maximum Gasteiger partial charge on any atom is 0.271 e. The fraction of sp³-hybridized carbons (Fsp3) is 0.133. The number of hydrogen-bond donors (Lipinski definition) is 1. The third-order valence-electron chi connectivity index (χ3n) is 3.13. The van der Waals surface area contributed by atoms with Crippen LogP contribution >= 0.6 is 0 Å². The Labute approximate surface area is 116 Å². The molecular weight excluding hydrogens is 252 g/mol. The second-order valence-electron chi connectivity index (χ2n) is 4.57. The van der Waals surface area contributed by atoms with Crippen LogP contribution in [-0.4, -0.2) is 20.3 Å². The first-order valence-electron chi connectivity index (χ1n) is 6.38. The molecule has 0 spiro atoms. The summed E-state index contributed by atoms with van der Waals surface area (Å²) in [6.07, 6.45) is 7.04. The number of carbonyl (C=O) groups is 1. The molecule has 0 aliphatic carbocycles. The summed E-state index contributed by atoms with van der Waals surface area (Å²) >= 11 is 0. The lowest BCUT2D eigenvalue weighted by Crippen LogP contribution is -2.26. The van der Waals surface area contributed by atoms with Gasteiger partial charge in [-0.1, -0.05) is 12.1 Å². The minimum atomic E-state index is -0.190. The molecule has 0 saturated heterocycles. The van der Waals surface area contributed by atoms with Gasteiger partial charge in [0, 0.05) is 24.8 Å². The fourth-order valence-electron chi connectivity index (χ4n) is 2.03. The highest BCUT2D eigenvalue weighted by Crippen LogP contribution is 2.11. The topological polar surface area (TPSA) is 59.3 Å². The summed E-state index contributed by atoms with van der Waals surface area (Å²) in [5, 5.41) is 2.92. The summed E-state index contributed by atoms with van der Waals surface area (Å²) in [6.45, 7) is 1.92. The number of pyridine rings is 2. The first-order chi connectivity index (χ1) is 9.74. The molecule has 5 heteroatoms. The van der Waals surface area contributed by atoms with E-state index in [1.54, 1.807) is 18.6 Å². The largest absolute Gasteiger partial charge is 0.344 e. The van der Waals surface area contributed by atoms with Crippen molar-refractivity contribution in [2.24, 2.45) is 0 Å². The number of amides is 1. The third kappa shape index (κ3) is 2.38. The van der Waals surface area contributed by atoms with Gasteiger partial charge in [-0.2, -0.15) is 0 Å². The summed E-state index contributed by atoms with van der Waals surface area (Å²) in [4.78, 5) is 20.5. The standard InChI is InChI=1S/C15H14N4O/c1-11(12-5-4-7-16-9-12)17-15(20)13-10-19-8-3-2-6-14(19)18-13/h2-11H,1H3,(H,17,20)/t11-/m1/s1. The molecule has 1 N–H and O–H groups in total. The maximum absolute atomic E-state index is 12.2. The van der Waals surface area contributed by atoms with Crippen LogP contribution in [0.1, 0.15) is 29.0 Å². The molecule has 100 valence electrons. The van der Waals surface area contributed by atoms with E-state index in [1.807, 2.05) is 47.9 Å². The molecule has 0 aliphatic rings. The van der Waals surface area contributed by atoms with Crippen molar-refractivity contribution in [3.05, 3.63) is 66.4 Å². The second kappa shape index (κ2) is 5.13. The smallest absolute Gasteiger partial charge is 0.271 e. The van der Waals surface area contributed by atoms with Crippen LogP contribution in [-0.2, 0) is 0 Å². The highest BCUT2D eigenvalue weighted by molar-refractivity contribution is 5.93. The summed E-state index contributed by atoms with van der Waals surface area (Å²) in [5.74, 6) is -0.190. The Balaban J connectivity index is 1.79. The molecule has 0 bridgehead atoms. The molecule has 0 unspecified atom stereocenters. The van der Waals surface area contributed by atoms with Crippen LogP contribution in [0.3, 0.4) is 0 Å². The van der Waals surface area contributed by atoms with E-state index in [4.69, 9.17) is 0 Å². The first-order valence-corrected chi connectivity index (χ1v) is 6.38. The van der Waals surface area contributed by atoms with E-state index >= 15 is 0 Å². The molecule has 0 saturated carbocycles. The fourth-order valence-corrected chi connectivity index (χ4v) is 2.03. The lowest BCUT2D eigenvalue weighted by atomic mass is 10.1. The molecule has 3 aromatic rings. The molecule has 0 fully saturated rings. The van der Waals surface area contributed by atoms with Gasteiger partial charge in [0.1, 0.15) is 11.3 Å². The number of imidazole rings is 1. The Morgan fingerprint density at radius 3 is 2.95 bits per heavy atom. The van der Waals surface area contributed by atoms with Gasteiger partial charge in [0.2, 0.25) is 0 Å². The minimum Gasteiger partial charge on any atom is -0.344 e. The van der Waals surface area contributed by atoms with Crippen molar-refractivity contribution in [1.82, 2.24) is 19.7 Å². The predicted molar refractivity (Wildman–Crippen MR) is 75.3 cm³/mol. The number of nitrogens with zero attached hydrogens (tertiary/aromatic N) is 3. The van der Waals surface area contributed by atoms with Crippen LogP contribution in [0.15, 0.2) is 55.1 Å². The molecule has 3 rings (SSSR count). The van der Waals surface area contributed by atoms with Crippen molar-refractivity contribution >= 4 is 11.6 Å². The molecular formula is C15H14N4O. The molecule has 3 heterocycles. The van der Waals surface area contributed by atoms with Crippen LogP contribution in [0.2, 0.25) is 0 Å². The van der Waals surface area contributed by atoms with Crippen LogP contribution in [0, 0.1) is 0 Å². The summed E-state index contributed by atoms with van der Waals surface area (Å²) < 4.78 is 1.82. The molecule has 0 aromatic carbocycles. The minimum absolute atomic E-state index is 0.110. The molecule has 0 aliphatic heterocycles. The van der Waals surface area contributed by atoms with Gasteiger partial charge in [-0.05, 0) is 30.7 Å². The van der Waals surface area contributed by atoms with Crippen molar-refractivity contribution in [3.8, 4) is 0 Å². The zero-order valence-electron chi connectivity index (χ0n) is 11.0. The van der Waals surface area contributed by atoms with Crippen molar-refractivity contribution < 1.29 is 4.79 Å². The normalized spacial score (nSPS) is 12.2. The second-order valence-corrected chi connectivity index (χ2v) is 4.57. The predicted octanol–water partition coefficient (Wildman–Crippen LogP) is 2.22. The highest BCUT2D eigenvalue weighted by Gasteiger charge is 2.14.